The zero-order chi connectivity index (χ0) is 20.3. The lowest BCUT2D eigenvalue weighted by Gasteiger charge is -2.11. The smallest absolute Gasteiger partial charge is 0.243 e. The molecule has 0 aliphatic heterocycles. The van der Waals surface area contributed by atoms with Crippen LogP contribution in [0.3, 0.4) is 0 Å². The lowest BCUT2D eigenvalue weighted by Crippen LogP contribution is -2.21. The van der Waals surface area contributed by atoms with E-state index in [1.54, 1.807) is 0 Å². The number of anilines is 2. The number of carbonyl (C=O) groups is 1. The van der Waals surface area contributed by atoms with Gasteiger partial charge < -0.3 is 15.4 Å². The number of amides is 1. The minimum atomic E-state index is -0.0810. The number of rotatable bonds is 11. The summed E-state index contributed by atoms with van der Waals surface area (Å²) in [7, 11) is 0. The number of hydrogen-bond acceptors (Lipinski definition) is 3. The highest BCUT2D eigenvalue weighted by Crippen LogP contribution is 2.20. The molecule has 1 amide bonds. The second-order valence-electron chi connectivity index (χ2n) is 7.25. The minimum absolute atomic E-state index is 0.0810. The molecule has 0 aliphatic carbocycles. The van der Waals surface area contributed by atoms with Crippen molar-refractivity contribution in [1.82, 2.24) is 0 Å². The number of unbranched alkanes of at least 4 members (excludes halogenated alkanes) is 4. The van der Waals surface area contributed by atoms with E-state index in [-0.39, 0.29) is 12.5 Å². The Kier molecular flexibility index (Phi) is 7.93. The highest BCUT2D eigenvalue weighted by atomic mass is 16.5. The molecule has 0 heterocycles. The summed E-state index contributed by atoms with van der Waals surface area (Å²) < 4.78 is 5.83. The third-order valence-corrected chi connectivity index (χ3v) is 4.84. The molecule has 2 N–H and O–H groups in total. The van der Waals surface area contributed by atoms with Crippen LogP contribution in [-0.2, 0) is 4.79 Å². The van der Waals surface area contributed by atoms with Crippen molar-refractivity contribution in [3.63, 3.8) is 0 Å². The molecule has 0 unspecified atom stereocenters. The summed E-state index contributed by atoms with van der Waals surface area (Å²) in [5, 5.41) is 8.38. The predicted molar refractivity (Wildman–Crippen MR) is 122 cm³/mol. The average molecular weight is 391 g/mol. The fraction of sp³-hybridized carbons (Fsp3) is 0.320. The molecule has 0 spiro atoms. The maximum absolute atomic E-state index is 12.3. The van der Waals surface area contributed by atoms with Gasteiger partial charge >= 0.3 is 0 Å². The number of ether oxygens (including phenoxy) is 1. The lowest BCUT2D eigenvalue weighted by molar-refractivity contribution is -0.114. The lowest BCUT2D eigenvalue weighted by atomic mass is 10.1. The van der Waals surface area contributed by atoms with Gasteiger partial charge in [-0.15, -0.1) is 0 Å². The van der Waals surface area contributed by atoms with E-state index >= 15 is 0 Å². The summed E-state index contributed by atoms with van der Waals surface area (Å²) in [4.78, 5) is 12.3. The summed E-state index contributed by atoms with van der Waals surface area (Å²) in [5.74, 6) is 0.753. The van der Waals surface area contributed by atoms with Crippen LogP contribution in [0.4, 0.5) is 11.4 Å². The fourth-order valence-corrected chi connectivity index (χ4v) is 3.25. The Hall–Kier alpha value is -3.01. The normalized spacial score (nSPS) is 10.7. The Labute approximate surface area is 173 Å². The molecule has 0 atom stereocenters. The monoisotopic (exact) mass is 390 g/mol. The van der Waals surface area contributed by atoms with Gasteiger partial charge in [0.05, 0.1) is 13.2 Å². The Balaban J connectivity index is 1.44. The van der Waals surface area contributed by atoms with Gasteiger partial charge in [0.25, 0.3) is 0 Å². The molecule has 0 radical (unpaired) electrons. The first-order chi connectivity index (χ1) is 14.2. The SMILES string of the molecule is CCCCCCCOc1cccc(NCC(=O)Nc2ccc3ccccc3c2)c1. The summed E-state index contributed by atoms with van der Waals surface area (Å²) >= 11 is 0. The Morgan fingerprint density at radius 3 is 2.52 bits per heavy atom. The second kappa shape index (κ2) is 11.1. The molecule has 0 aromatic heterocycles. The Morgan fingerprint density at radius 2 is 1.66 bits per heavy atom. The van der Waals surface area contributed by atoms with Gasteiger partial charge in [-0.3, -0.25) is 4.79 Å². The van der Waals surface area contributed by atoms with Crippen LogP contribution >= 0.6 is 0 Å². The van der Waals surface area contributed by atoms with Gasteiger partial charge in [-0.05, 0) is 41.5 Å². The highest BCUT2D eigenvalue weighted by Gasteiger charge is 2.04. The average Bonchev–Trinajstić information content (AvgIpc) is 2.75. The second-order valence-corrected chi connectivity index (χ2v) is 7.25. The van der Waals surface area contributed by atoms with E-state index < -0.39 is 0 Å². The first kappa shape index (κ1) is 20.7. The quantitative estimate of drug-likeness (QED) is 0.381. The van der Waals surface area contributed by atoms with Crippen LogP contribution in [0.25, 0.3) is 10.8 Å². The van der Waals surface area contributed by atoms with Crippen LogP contribution < -0.4 is 15.4 Å². The number of benzene rings is 3. The molecule has 3 rings (SSSR count). The zero-order valence-electron chi connectivity index (χ0n) is 17.1. The maximum atomic E-state index is 12.3. The molecule has 152 valence electrons. The molecule has 0 saturated carbocycles. The van der Waals surface area contributed by atoms with Crippen molar-refractivity contribution in [1.29, 1.82) is 0 Å². The first-order valence-corrected chi connectivity index (χ1v) is 10.5. The van der Waals surface area contributed by atoms with E-state index in [9.17, 15) is 4.79 Å². The van der Waals surface area contributed by atoms with E-state index in [2.05, 4.69) is 23.6 Å². The number of carbonyl (C=O) groups excluding carboxylic acids is 1. The van der Waals surface area contributed by atoms with Crippen molar-refractivity contribution >= 4 is 28.1 Å². The molecule has 0 bridgehead atoms. The zero-order valence-corrected chi connectivity index (χ0v) is 17.1. The third kappa shape index (κ3) is 6.83. The predicted octanol–water partition coefficient (Wildman–Crippen LogP) is 6.24. The van der Waals surface area contributed by atoms with E-state index in [1.165, 1.54) is 25.7 Å². The van der Waals surface area contributed by atoms with Crippen LogP contribution in [0.1, 0.15) is 39.0 Å². The standard InChI is InChI=1S/C25H30N2O2/c1-2-3-4-5-8-16-29-24-13-9-12-22(18-24)26-19-25(28)27-23-15-14-20-10-6-7-11-21(20)17-23/h6-7,9-15,17-18,26H,2-5,8,16,19H2,1H3,(H,27,28). The summed E-state index contributed by atoms with van der Waals surface area (Å²) in [5.41, 5.74) is 1.68. The van der Waals surface area contributed by atoms with Crippen molar-refractivity contribution in [2.45, 2.75) is 39.0 Å². The summed E-state index contributed by atoms with van der Waals surface area (Å²) in [6, 6.07) is 21.8. The van der Waals surface area contributed by atoms with Crippen LogP contribution in [0.2, 0.25) is 0 Å². The van der Waals surface area contributed by atoms with Gasteiger partial charge in [-0.2, -0.15) is 0 Å². The molecule has 0 saturated heterocycles. The molecule has 4 heteroatoms. The van der Waals surface area contributed by atoms with Crippen molar-refractivity contribution < 1.29 is 9.53 Å². The van der Waals surface area contributed by atoms with Crippen LogP contribution in [-0.4, -0.2) is 19.1 Å². The molecule has 29 heavy (non-hydrogen) atoms. The van der Waals surface area contributed by atoms with Gasteiger partial charge in [-0.25, -0.2) is 0 Å². The minimum Gasteiger partial charge on any atom is -0.494 e. The van der Waals surface area contributed by atoms with E-state index in [1.807, 2.05) is 60.7 Å². The van der Waals surface area contributed by atoms with E-state index in [4.69, 9.17) is 4.74 Å². The van der Waals surface area contributed by atoms with Gasteiger partial charge in [0.2, 0.25) is 5.91 Å². The fourth-order valence-electron chi connectivity index (χ4n) is 3.25. The van der Waals surface area contributed by atoms with Crippen molar-refractivity contribution in [2.75, 3.05) is 23.8 Å². The molecule has 4 nitrogen and oxygen atoms in total. The van der Waals surface area contributed by atoms with Crippen LogP contribution in [0, 0.1) is 0 Å². The van der Waals surface area contributed by atoms with Gasteiger partial charge in [0.1, 0.15) is 5.75 Å². The number of hydrogen-bond donors (Lipinski definition) is 2. The molecular weight excluding hydrogens is 360 g/mol. The van der Waals surface area contributed by atoms with Crippen LogP contribution in [0.15, 0.2) is 66.7 Å². The Bertz CT molecular complexity index is 923. The maximum Gasteiger partial charge on any atom is 0.243 e. The molecule has 3 aromatic rings. The van der Waals surface area contributed by atoms with Gasteiger partial charge in [-0.1, -0.05) is 69.0 Å². The Morgan fingerprint density at radius 1 is 0.828 bits per heavy atom. The van der Waals surface area contributed by atoms with Crippen molar-refractivity contribution in [2.24, 2.45) is 0 Å². The first-order valence-electron chi connectivity index (χ1n) is 10.5. The highest BCUT2D eigenvalue weighted by molar-refractivity contribution is 5.96. The molecule has 0 aliphatic rings. The summed E-state index contributed by atoms with van der Waals surface area (Å²) in [6.45, 7) is 3.15. The van der Waals surface area contributed by atoms with Crippen molar-refractivity contribution in [3.8, 4) is 5.75 Å². The van der Waals surface area contributed by atoms with Crippen molar-refractivity contribution in [3.05, 3.63) is 66.7 Å². The van der Waals surface area contributed by atoms with Gasteiger partial charge in [0.15, 0.2) is 0 Å². The molecule has 0 fully saturated rings. The molecule has 3 aromatic carbocycles. The molecular formula is C25H30N2O2. The third-order valence-electron chi connectivity index (χ3n) is 4.84. The van der Waals surface area contributed by atoms with Crippen LogP contribution in [0.5, 0.6) is 5.75 Å². The topological polar surface area (TPSA) is 50.4 Å². The largest absolute Gasteiger partial charge is 0.494 e. The number of fused-ring (bicyclic) bond motifs is 1. The van der Waals surface area contributed by atoms with E-state index in [0.717, 1.165) is 40.9 Å². The van der Waals surface area contributed by atoms with E-state index in [0.29, 0.717) is 0 Å². The van der Waals surface area contributed by atoms with Gasteiger partial charge in [0, 0.05) is 17.4 Å². The summed E-state index contributed by atoms with van der Waals surface area (Å²) in [6.07, 6.45) is 6.10. The number of nitrogens with one attached hydrogen (secondary N) is 2.